The van der Waals surface area contributed by atoms with Crippen molar-refractivity contribution in [2.24, 2.45) is 23.2 Å². The van der Waals surface area contributed by atoms with Crippen LogP contribution in [0.4, 0.5) is 0 Å². The highest BCUT2D eigenvalue weighted by molar-refractivity contribution is 5.39. The van der Waals surface area contributed by atoms with E-state index in [4.69, 9.17) is 4.98 Å². The number of rotatable bonds is 7. The topological polar surface area (TPSA) is 73.6 Å². The molecule has 4 nitrogen and oxygen atoms in total. The maximum atomic E-state index is 11.3. The quantitative estimate of drug-likeness (QED) is 0.368. The normalized spacial score (nSPS) is 36.5. The summed E-state index contributed by atoms with van der Waals surface area (Å²) in [5.74, 6) is 1.57. The molecule has 7 atom stereocenters. The molecule has 0 aliphatic heterocycles. The van der Waals surface area contributed by atoms with Crippen molar-refractivity contribution in [3.8, 4) is 0 Å². The molecule has 5 rings (SSSR count). The van der Waals surface area contributed by atoms with Crippen LogP contribution in [0.5, 0.6) is 0 Å². The summed E-state index contributed by atoms with van der Waals surface area (Å²) >= 11 is 0. The molecule has 4 aliphatic carbocycles. The second-order valence-corrected chi connectivity index (χ2v) is 12.9. The van der Waals surface area contributed by atoms with Crippen LogP contribution in [0.25, 0.3) is 0 Å². The van der Waals surface area contributed by atoms with Crippen molar-refractivity contribution >= 4 is 0 Å². The zero-order valence-electron chi connectivity index (χ0n) is 23.6. The number of aromatic nitrogens is 1. The Labute approximate surface area is 229 Å². The second-order valence-electron chi connectivity index (χ2n) is 12.9. The van der Waals surface area contributed by atoms with Crippen LogP contribution in [-0.4, -0.2) is 38.6 Å². The molecular weight excluding hydrogens is 470 g/mol. The van der Waals surface area contributed by atoms with Gasteiger partial charge in [0.25, 0.3) is 0 Å². The van der Waals surface area contributed by atoms with Gasteiger partial charge in [-0.3, -0.25) is 4.98 Å². The van der Waals surface area contributed by atoms with Crippen molar-refractivity contribution in [3.05, 3.63) is 77.2 Å². The van der Waals surface area contributed by atoms with Crippen molar-refractivity contribution in [1.82, 2.24) is 4.98 Å². The van der Waals surface area contributed by atoms with Crippen LogP contribution in [-0.2, 0) is 11.8 Å². The smallest absolute Gasteiger partial charge is 0.0832 e. The fraction of sp³-hybridized carbons (Fsp3) is 0.618. The number of hydrogen-bond acceptors (Lipinski definition) is 4. The molecule has 0 amide bonds. The molecule has 0 unspecified atom stereocenters. The van der Waals surface area contributed by atoms with Crippen molar-refractivity contribution < 1.29 is 15.3 Å². The predicted molar refractivity (Wildman–Crippen MR) is 154 cm³/mol. The Kier molecular flexibility index (Phi) is 7.88. The molecule has 206 valence electrons. The van der Waals surface area contributed by atoms with E-state index in [1.165, 1.54) is 31.3 Å². The molecule has 0 aromatic carbocycles. The summed E-state index contributed by atoms with van der Waals surface area (Å²) in [5.41, 5.74) is 5.47. The Morgan fingerprint density at radius 3 is 2.66 bits per heavy atom. The molecule has 0 bridgehead atoms. The lowest BCUT2D eigenvalue weighted by Gasteiger charge is -2.44. The molecule has 0 spiro atoms. The minimum atomic E-state index is -0.639. The largest absolute Gasteiger partial charge is 0.393 e. The number of allylic oxidation sites excluding steroid dienone is 4. The van der Waals surface area contributed by atoms with Crippen LogP contribution in [0.1, 0.15) is 89.9 Å². The average Bonchev–Trinajstić information content (AvgIpc) is 3.64. The van der Waals surface area contributed by atoms with E-state index in [0.717, 1.165) is 48.2 Å². The molecule has 4 fully saturated rings. The molecule has 4 heteroatoms. The third-order valence-electron chi connectivity index (χ3n) is 10.6. The van der Waals surface area contributed by atoms with Gasteiger partial charge in [0.1, 0.15) is 0 Å². The summed E-state index contributed by atoms with van der Waals surface area (Å²) in [4.78, 5) is 4.85. The van der Waals surface area contributed by atoms with Crippen molar-refractivity contribution in [3.63, 3.8) is 0 Å². The molecule has 3 N–H and O–H groups in total. The Hall–Kier alpha value is -2.01. The number of aliphatic hydroxyl groups is 3. The number of aryl methyl sites for hydroxylation is 1. The number of pyridine rings is 1. The Balaban J connectivity index is 1.29. The molecule has 1 heterocycles. The summed E-state index contributed by atoms with van der Waals surface area (Å²) < 4.78 is 0. The SMILES string of the molecule is C=C1/C(=C\C=C2/CCC[C@]3(C)[C@@H]([C@H](C)/C=C/[C@@H](O)C4(c5cccc(CC)n5)CC4)CC[C@@H]23)C[C@@H](O)C[C@@H]1O. The van der Waals surface area contributed by atoms with Crippen LogP contribution >= 0.6 is 0 Å². The predicted octanol–water partition coefficient (Wildman–Crippen LogP) is 6.37. The van der Waals surface area contributed by atoms with Gasteiger partial charge in [-0.05, 0) is 104 Å². The number of nitrogens with zero attached hydrogens (tertiary/aromatic N) is 1. The maximum Gasteiger partial charge on any atom is 0.0832 e. The van der Waals surface area contributed by atoms with Gasteiger partial charge < -0.3 is 15.3 Å². The van der Waals surface area contributed by atoms with Crippen LogP contribution < -0.4 is 0 Å². The van der Waals surface area contributed by atoms with Gasteiger partial charge in [0.15, 0.2) is 0 Å². The highest BCUT2D eigenvalue weighted by Gasteiger charge is 2.52. The van der Waals surface area contributed by atoms with Gasteiger partial charge in [0.05, 0.1) is 18.3 Å². The Bertz CT molecular complexity index is 1130. The third-order valence-corrected chi connectivity index (χ3v) is 10.6. The van der Waals surface area contributed by atoms with Crippen molar-refractivity contribution in [1.29, 1.82) is 0 Å². The van der Waals surface area contributed by atoms with Gasteiger partial charge in [-0.2, -0.15) is 0 Å². The van der Waals surface area contributed by atoms with Crippen molar-refractivity contribution in [2.45, 2.75) is 109 Å². The molecular formula is C34H47NO3. The van der Waals surface area contributed by atoms with E-state index in [9.17, 15) is 15.3 Å². The first kappa shape index (κ1) is 27.6. The van der Waals surface area contributed by atoms with E-state index in [0.29, 0.717) is 30.6 Å². The summed E-state index contributed by atoms with van der Waals surface area (Å²) in [6.07, 6.45) is 17.0. The molecule has 4 aliphatic rings. The van der Waals surface area contributed by atoms with Gasteiger partial charge in [0.2, 0.25) is 0 Å². The van der Waals surface area contributed by atoms with Gasteiger partial charge in [-0.1, -0.05) is 63.3 Å². The zero-order chi connectivity index (χ0) is 27.1. The highest BCUT2D eigenvalue weighted by Crippen LogP contribution is 2.59. The van der Waals surface area contributed by atoms with Crippen molar-refractivity contribution in [2.75, 3.05) is 0 Å². The average molecular weight is 518 g/mol. The maximum absolute atomic E-state index is 11.3. The highest BCUT2D eigenvalue weighted by atomic mass is 16.3. The van der Waals surface area contributed by atoms with E-state index < -0.39 is 18.3 Å². The van der Waals surface area contributed by atoms with Crippen LogP contribution in [0.3, 0.4) is 0 Å². The van der Waals surface area contributed by atoms with Crippen LogP contribution in [0.2, 0.25) is 0 Å². The summed E-state index contributed by atoms with van der Waals surface area (Å²) in [6.45, 7) is 11.0. The van der Waals surface area contributed by atoms with E-state index in [1.807, 2.05) is 0 Å². The lowest BCUT2D eigenvalue weighted by molar-refractivity contribution is 0.0862. The first-order chi connectivity index (χ1) is 18.2. The summed E-state index contributed by atoms with van der Waals surface area (Å²) in [7, 11) is 0. The number of aliphatic hydroxyl groups excluding tert-OH is 3. The summed E-state index contributed by atoms with van der Waals surface area (Å²) in [5, 5.41) is 31.6. The fourth-order valence-corrected chi connectivity index (χ4v) is 8.00. The molecule has 38 heavy (non-hydrogen) atoms. The van der Waals surface area contributed by atoms with Crippen LogP contribution in [0.15, 0.2) is 65.8 Å². The first-order valence-electron chi connectivity index (χ1n) is 15.0. The molecule has 0 saturated heterocycles. The van der Waals surface area contributed by atoms with E-state index >= 15 is 0 Å². The van der Waals surface area contributed by atoms with Gasteiger partial charge >= 0.3 is 0 Å². The number of hydrogen-bond donors (Lipinski definition) is 3. The molecule has 1 aromatic rings. The second kappa shape index (κ2) is 10.9. The Morgan fingerprint density at radius 2 is 1.92 bits per heavy atom. The zero-order valence-corrected chi connectivity index (χ0v) is 23.6. The number of fused-ring (bicyclic) bond motifs is 1. The van der Waals surface area contributed by atoms with Crippen LogP contribution in [0, 0.1) is 23.2 Å². The minimum Gasteiger partial charge on any atom is -0.393 e. The Morgan fingerprint density at radius 1 is 1.13 bits per heavy atom. The first-order valence-corrected chi connectivity index (χ1v) is 15.0. The lowest BCUT2D eigenvalue weighted by Crippen LogP contribution is -2.35. The third kappa shape index (κ3) is 5.12. The van der Waals surface area contributed by atoms with Gasteiger partial charge in [-0.25, -0.2) is 0 Å². The molecule has 4 saturated carbocycles. The van der Waals surface area contributed by atoms with E-state index in [2.05, 4.69) is 69.9 Å². The monoisotopic (exact) mass is 517 g/mol. The van der Waals surface area contributed by atoms with Gasteiger partial charge in [-0.15, -0.1) is 0 Å². The molecule has 0 radical (unpaired) electrons. The standard InChI is InChI=1S/C34H47NO3/c1-5-26-9-6-10-31(35-26)34(18-19-34)32(38)16-11-22(2)28-14-15-29-24(8-7-17-33(28,29)4)12-13-25-20-27(36)21-30(37)23(25)3/h6,9-13,16,22,27-30,32,36-38H,3,5,7-8,14-15,17-21H2,1-2,4H3/b16-11+,24-12+,25-13-/t22-,27-,28-,29+,30+,32-,33-/m1/s1. The van der Waals surface area contributed by atoms with E-state index in [1.54, 1.807) is 0 Å². The molecule has 1 aromatic heterocycles. The fourth-order valence-electron chi connectivity index (χ4n) is 8.00. The minimum absolute atomic E-state index is 0.206. The van der Waals surface area contributed by atoms with Gasteiger partial charge in [0, 0.05) is 23.2 Å². The summed E-state index contributed by atoms with van der Waals surface area (Å²) in [6, 6.07) is 6.24. The van der Waals surface area contributed by atoms with E-state index in [-0.39, 0.29) is 10.8 Å². The lowest BCUT2D eigenvalue weighted by atomic mass is 9.61.